The number of thiophene rings is 1. The van der Waals surface area contributed by atoms with E-state index >= 15 is 0 Å². The van der Waals surface area contributed by atoms with Crippen molar-refractivity contribution in [3.05, 3.63) is 22.4 Å². The fourth-order valence-electron chi connectivity index (χ4n) is 1.42. The molecule has 1 aromatic rings. The number of hydrogen-bond acceptors (Lipinski definition) is 5. The molecule has 1 aromatic heterocycles. The van der Waals surface area contributed by atoms with Gasteiger partial charge in [0.15, 0.2) is 0 Å². The zero-order valence-electron chi connectivity index (χ0n) is 9.51. The van der Waals surface area contributed by atoms with E-state index in [2.05, 4.69) is 10.3 Å². The molecule has 3 nitrogen and oxygen atoms in total. The van der Waals surface area contributed by atoms with Gasteiger partial charge >= 0.3 is 0 Å². The van der Waals surface area contributed by atoms with Crippen LogP contribution < -0.4 is 5.32 Å². The van der Waals surface area contributed by atoms with Crippen LogP contribution in [0.2, 0.25) is 0 Å². The summed E-state index contributed by atoms with van der Waals surface area (Å²) in [5, 5.41) is 5.02. The lowest BCUT2D eigenvalue weighted by Gasteiger charge is -2.11. The van der Waals surface area contributed by atoms with Crippen LogP contribution in [-0.2, 0) is 4.79 Å². The summed E-state index contributed by atoms with van der Waals surface area (Å²) in [6.07, 6.45) is 0. The Kier molecular flexibility index (Phi) is 4.94. The average Bonchev–Trinajstić information content (AvgIpc) is 2.99. The second kappa shape index (κ2) is 6.47. The third kappa shape index (κ3) is 4.04. The number of aliphatic imine (C=N–C) groups is 1. The van der Waals surface area contributed by atoms with Crippen LogP contribution in [0, 0.1) is 0 Å². The van der Waals surface area contributed by atoms with Crippen LogP contribution in [0.15, 0.2) is 22.5 Å². The van der Waals surface area contributed by atoms with Crippen molar-refractivity contribution >= 4 is 45.1 Å². The molecule has 0 saturated heterocycles. The molecule has 1 aliphatic heterocycles. The van der Waals surface area contributed by atoms with Crippen molar-refractivity contribution in [3.8, 4) is 0 Å². The number of nitrogens with zero attached hydrogens (tertiary/aromatic N) is 1. The molecule has 0 aromatic carbocycles. The van der Waals surface area contributed by atoms with Crippen molar-refractivity contribution in [1.82, 2.24) is 5.32 Å². The summed E-state index contributed by atoms with van der Waals surface area (Å²) in [6.45, 7) is 2.90. The predicted molar refractivity (Wildman–Crippen MR) is 78.1 cm³/mol. The monoisotopic (exact) mass is 286 g/mol. The molecule has 0 bridgehead atoms. The van der Waals surface area contributed by atoms with E-state index in [4.69, 9.17) is 0 Å². The number of rotatable bonds is 4. The molecule has 1 N–H and O–H groups in total. The van der Waals surface area contributed by atoms with Gasteiger partial charge in [-0.05, 0) is 18.4 Å². The van der Waals surface area contributed by atoms with Gasteiger partial charge in [0, 0.05) is 10.6 Å². The Balaban J connectivity index is 1.73. The van der Waals surface area contributed by atoms with Crippen LogP contribution in [-0.4, -0.2) is 28.3 Å². The minimum absolute atomic E-state index is 0.0751. The van der Waals surface area contributed by atoms with Gasteiger partial charge in [-0.15, -0.1) is 11.3 Å². The van der Waals surface area contributed by atoms with E-state index in [9.17, 15) is 4.79 Å². The van der Waals surface area contributed by atoms with Gasteiger partial charge in [-0.1, -0.05) is 29.6 Å². The molecule has 0 saturated carbocycles. The Hall–Kier alpha value is -0.460. The second-order valence-corrected chi connectivity index (χ2v) is 6.87. The minimum Gasteiger partial charge on any atom is -0.348 e. The first kappa shape index (κ1) is 13.0. The van der Waals surface area contributed by atoms with Gasteiger partial charge in [0.05, 0.1) is 18.3 Å². The Bertz CT molecular complexity index is 403. The van der Waals surface area contributed by atoms with Crippen LogP contribution in [0.1, 0.15) is 17.8 Å². The lowest BCUT2D eigenvalue weighted by atomic mass is 10.3. The summed E-state index contributed by atoms with van der Waals surface area (Å²) in [6, 6.07) is 4.14. The van der Waals surface area contributed by atoms with Gasteiger partial charge in [0.25, 0.3) is 0 Å². The molecule has 1 amide bonds. The average molecular weight is 286 g/mol. The normalized spacial score (nSPS) is 16.6. The van der Waals surface area contributed by atoms with E-state index in [1.165, 1.54) is 16.6 Å². The maximum atomic E-state index is 11.7. The topological polar surface area (TPSA) is 41.5 Å². The smallest absolute Gasteiger partial charge is 0.230 e. The van der Waals surface area contributed by atoms with Crippen LogP contribution in [0.3, 0.4) is 0 Å². The molecule has 92 valence electrons. The summed E-state index contributed by atoms with van der Waals surface area (Å²) in [4.78, 5) is 17.2. The summed E-state index contributed by atoms with van der Waals surface area (Å²) in [5.74, 6) is 1.59. The van der Waals surface area contributed by atoms with Gasteiger partial charge in [-0.3, -0.25) is 9.79 Å². The highest BCUT2D eigenvalue weighted by Gasteiger charge is 2.13. The first-order valence-electron chi connectivity index (χ1n) is 5.38. The number of carbonyl (C=O) groups excluding carboxylic acids is 1. The summed E-state index contributed by atoms with van der Waals surface area (Å²) in [5.41, 5.74) is 0. The fourth-order valence-corrected chi connectivity index (χ4v) is 3.98. The Morgan fingerprint density at radius 1 is 1.71 bits per heavy atom. The van der Waals surface area contributed by atoms with Crippen molar-refractivity contribution in [1.29, 1.82) is 0 Å². The third-order valence-corrected chi connectivity index (χ3v) is 5.54. The van der Waals surface area contributed by atoms with Crippen molar-refractivity contribution in [2.75, 3.05) is 18.1 Å². The summed E-state index contributed by atoms with van der Waals surface area (Å²) in [7, 11) is 0. The van der Waals surface area contributed by atoms with Gasteiger partial charge in [-0.2, -0.15) is 0 Å². The summed E-state index contributed by atoms with van der Waals surface area (Å²) < 4.78 is 1.05. The molecule has 1 atom stereocenters. The highest BCUT2D eigenvalue weighted by atomic mass is 32.2. The Morgan fingerprint density at radius 3 is 3.24 bits per heavy atom. The standard InChI is InChI=1S/C11H14N2OS3/c1-8(9-3-2-5-15-9)13-10(14)7-17-11-12-4-6-16-11/h2-3,5,8H,4,6-7H2,1H3,(H,13,14)/t8-/m1/s1. The highest BCUT2D eigenvalue weighted by molar-refractivity contribution is 8.39. The maximum Gasteiger partial charge on any atom is 0.230 e. The molecule has 1 aliphatic rings. The van der Waals surface area contributed by atoms with Gasteiger partial charge in [0.2, 0.25) is 5.91 Å². The molecule has 0 spiro atoms. The zero-order chi connectivity index (χ0) is 12.1. The van der Waals surface area contributed by atoms with E-state index in [0.29, 0.717) is 5.75 Å². The van der Waals surface area contributed by atoms with E-state index in [-0.39, 0.29) is 11.9 Å². The SMILES string of the molecule is C[C@@H](NC(=O)CSC1=NCCS1)c1cccs1. The number of amides is 1. The number of thioether (sulfide) groups is 2. The summed E-state index contributed by atoms with van der Waals surface area (Å²) >= 11 is 4.94. The molecule has 2 heterocycles. The van der Waals surface area contributed by atoms with Crippen LogP contribution in [0.25, 0.3) is 0 Å². The Morgan fingerprint density at radius 2 is 2.59 bits per heavy atom. The number of hydrogen-bond donors (Lipinski definition) is 1. The Labute approximate surface area is 113 Å². The van der Waals surface area contributed by atoms with E-state index < -0.39 is 0 Å². The largest absolute Gasteiger partial charge is 0.348 e. The molecule has 0 aliphatic carbocycles. The van der Waals surface area contributed by atoms with Crippen LogP contribution in [0.4, 0.5) is 0 Å². The third-order valence-electron chi connectivity index (χ3n) is 2.23. The molecule has 0 radical (unpaired) electrons. The first-order valence-corrected chi connectivity index (χ1v) is 8.23. The van der Waals surface area contributed by atoms with Crippen molar-refractivity contribution in [2.45, 2.75) is 13.0 Å². The van der Waals surface area contributed by atoms with E-state index in [1.807, 2.05) is 24.4 Å². The molecule has 0 fully saturated rings. The number of nitrogens with one attached hydrogen (secondary N) is 1. The molecule has 6 heteroatoms. The van der Waals surface area contributed by atoms with Crippen molar-refractivity contribution < 1.29 is 4.79 Å². The lowest BCUT2D eigenvalue weighted by molar-refractivity contribution is -0.119. The van der Waals surface area contributed by atoms with Crippen LogP contribution in [0.5, 0.6) is 0 Å². The second-order valence-electron chi connectivity index (χ2n) is 3.59. The van der Waals surface area contributed by atoms with Gasteiger partial charge in [0.1, 0.15) is 4.38 Å². The number of carbonyl (C=O) groups is 1. The van der Waals surface area contributed by atoms with Crippen LogP contribution >= 0.6 is 34.9 Å². The predicted octanol–water partition coefficient (Wildman–Crippen LogP) is 2.76. The van der Waals surface area contributed by atoms with Gasteiger partial charge in [-0.25, -0.2) is 0 Å². The van der Waals surface area contributed by atoms with Crippen molar-refractivity contribution in [2.24, 2.45) is 4.99 Å². The van der Waals surface area contributed by atoms with Gasteiger partial charge < -0.3 is 5.32 Å². The highest BCUT2D eigenvalue weighted by Crippen LogP contribution is 2.22. The maximum absolute atomic E-state index is 11.7. The molecular formula is C11H14N2OS3. The molecule has 17 heavy (non-hydrogen) atoms. The van der Waals surface area contributed by atoms with Crippen molar-refractivity contribution in [3.63, 3.8) is 0 Å². The minimum atomic E-state index is 0.0751. The van der Waals surface area contributed by atoms with E-state index in [0.717, 1.165) is 16.7 Å². The fraction of sp³-hybridized carbons (Fsp3) is 0.455. The molecular weight excluding hydrogens is 272 g/mol. The molecule has 2 rings (SSSR count). The van der Waals surface area contributed by atoms with E-state index in [1.54, 1.807) is 23.1 Å². The first-order chi connectivity index (χ1) is 8.25. The zero-order valence-corrected chi connectivity index (χ0v) is 12.0. The lowest BCUT2D eigenvalue weighted by Crippen LogP contribution is -2.27. The molecule has 0 unspecified atom stereocenters. The quantitative estimate of drug-likeness (QED) is 0.925.